The number of carbonyl (C=O) groups is 2. The van der Waals surface area contributed by atoms with Crippen LogP contribution in [0.4, 0.5) is 5.69 Å². The second kappa shape index (κ2) is 7.58. The van der Waals surface area contributed by atoms with Crippen LogP contribution in [0.1, 0.15) is 34.8 Å². The highest BCUT2D eigenvalue weighted by Crippen LogP contribution is 2.25. The molecule has 0 radical (unpaired) electrons. The minimum Gasteiger partial charge on any atom is -0.338 e. The van der Waals surface area contributed by atoms with Gasteiger partial charge in [0.2, 0.25) is 5.91 Å². The fourth-order valence-electron chi connectivity index (χ4n) is 2.94. The SMILES string of the molecule is CCC(=O)N1CCc2ccc(NC(=O)c3cc(Br)ccc3Cl)cc2C1. The molecular weight excluding hydrogens is 404 g/mol. The predicted octanol–water partition coefficient (Wildman–Crippen LogP) is 4.65. The number of fused-ring (bicyclic) bond motifs is 1. The van der Waals surface area contributed by atoms with Gasteiger partial charge in [0.15, 0.2) is 0 Å². The van der Waals surface area contributed by atoms with Gasteiger partial charge in [0.05, 0.1) is 10.6 Å². The van der Waals surface area contributed by atoms with Crippen molar-refractivity contribution in [1.82, 2.24) is 4.90 Å². The Labute approximate surface area is 160 Å². The standard InChI is InChI=1S/C19H18BrClN2O2/c1-2-18(24)23-8-7-12-3-5-15(9-13(12)11-23)22-19(25)16-10-14(20)4-6-17(16)21/h3-6,9-10H,2,7-8,11H2,1H3,(H,22,25). The summed E-state index contributed by atoms with van der Waals surface area (Å²) in [6.07, 6.45) is 1.35. The summed E-state index contributed by atoms with van der Waals surface area (Å²) in [6, 6.07) is 11.0. The van der Waals surface area contributed by atoms with Gasteiger partial charge in [0.25, 0.3) is 5.91 Å². The molecule has 0 bridgehead atoms. The Kier molecular flexibility index (Phi) is 5.45. The van der Waals surface area contributed by atoms with Crippen LogP contribution >= 0.6 is 27.5 Å². The number of halogens is 2. The summed E-state index contributed by atoms with van der Waals surface area (Å²) in [5, 5.41) is 3.29. The van der Waals surface area contributed by atoms with Gasteiger partial charge >= 0.3 is 0 Å². The molecule has 0 spiro atoms. The number of carbonyl (C=O) groups excluding carboxylic acids is 2. The van der Waals surface area contributed by atoms with Gasteiger partial charge in [-0.1, -0.05) is 40.5 Å². The first-order valence-electron chi connectivity index (χ1n) is 8.14. The number of hydrogen-bond donors (Lipinski definition) is 1. The van der Waals surface area contributed by atoms with Crippen molar-refractivity contribution in [2.45, 2.75) is 26.3 Å². The maximum atomic E-state index is 12.5. The van der Waals surface area contributed by atoms with E-state index in [4.69, 9.17) is 11.6 Å². The summed E-state index contributed by atoms with van der Waals surface area (Å²) < 4.78 is 0.793. The van der Waals surface area contributed by atoms with Crippen molar-refractivity contribution in [2.24, 2.45) is 0 Å². The van der Waals surface area contributed by atoms with Crippen LogP contribution in [0, 0.1) is 0 Å². The van der Waals surface area contributed by atoms with E-state index in [0.717, 1.165) is 23.0 Å². The first kappa shape index (κ1) is 18.0. The number of nitrogens with one attached hydrogen (secondary N) is 1. The average molecular weight is 422 g/mol. The zero-order valence-corrected chi connectivity index (χ0v) is 16.2. The van der Waals surface area contributed by atoms with Crippen LogP contribution < -0.4 is 5.32 Å². The van der Waals surface area contributed by atoms with E-state index in [0.29, 0.717) is 29.2 Å². The number of anilines is 1. The van der Waals surface area contributed by atoms with E-state index in [1.54, 1.807) is 18.2 Å². The Morgan fingerprint density at radius 3 is 2.76 bits per heavy atom. The lowest BCUT2D eigenvalue weighted by atomic mass is 9.98. The number of benzene rings is 2. The van der Waals surface area contributed by atoms with Gasteiger partial charge in [0, 0.05) is 29.7 Å². The Morgan fingerprint density at radius 1 is 1.20 bits per heavy atom. The number of hydrogen-bond acceptors (Lipinski definition) is 2. The van der Waals surface area contributed by atoms with Crippen molar-refractivity contribution in [2.75, 3.05) is 11.9 Å². The van der Waals surface area contributed by atoms with Crippen molar-refractivity contribution in [1.29, 1.82) is 0 Å². The van der Waals surface area contributed by atoms with Gasteiger partial charge < -0.3 is 10.2 Å². The Hall–Kier alpha value is -1.85. The summed E-state index contributed by atoms with van der Waals surface area (Å²) in [5.41, 5.74) is 3.41. The van der Waals surface area contributed by atoms with E-state index in [9.17, 15) is 9.59 Å². The topological polar surface area (TPSA) is 49.4 Å². The van der Waals surface area contributed by atoms with Gasteiger partial charge in [-0.05, 0) is 47.9 Å². The van der Waals surface area contributed by atoms with E-state index in [1.165, 1.54) is 5.56 Å². The maximum Gasteiger partial charge on any atom is 0.257 e. The minimum atomic E-state index is -0.261. The van der Waals surface area contributed by atoms with Crippen molar-refractivity contribution >= 4 is 45.0 Å². The zero-order chi connectivity index (χ0) is 18.0. The third-order valence-electron chi connectivity index (χ3n) is 4.30. The highest BCUT2D eigenvalue weighted by molar-refractivity contribution is 9.10. The lowest BCUT2D eigenvalue weighted by Gasteiger charge is -2.29. The largest absolute Gasteiger partial charge is 0.338 e. The van der Waals surface area contributed by atoms with Gasteiger partial charge in [0.1, 0.15) is 0 Å². The first-order chi connectivity index (χ1) is 12.0. The molecular formula is C19H18BrClN2O2. The van der Waals surface area contributed by atoms with Crippen molar-refractivity contribution in [3.63, 3.8) is 0 Å². The lowest BCUT2D eigenvalue weighted by molar-refractivity contribution is -0.131. The maximum absolute atomic E-state index is 12.5. The van der Waals surface area contributed by atoms with Gasteiger partial charge in [-0.25, -0.2) is 0 Å². The number of nitrogens with zero attached hydrogens (tertiary/aromatic N) is 1. The number of amides is 2. The normalized spacial score (nSPS) is 13.3. The van der Waals surface area contributed by atoms with E-state index >= 15 is 0 Å². The summed E-state index contributed by atoms with van der Waals surface area (Å²) in [7, 11) is 0. The molecule has 1 aliphatic rings. The van der Waals surface area contributed by atoms with Crippen molar-refractivity contribution in [3.05, 3.63) is 62.6 Å². The molecule has 1 N–H and O–H groups in total. The smallest absolute Gasteiger partial charge is 0.257 e. The second-order valence-electron chi connectivity index (χ2n) is 5.98. The van der Waals surface area contributed by atoms with E-state index < -0.39 is 0 Å². The van der Waals surface area contributed by atoms with Crippen LogP contribution in [0.15, 0.2) is 40.9 Å². The molecule has 0 fully saturated rings. The molecule has 1 aliphatic heterocycles. The molecule has 1 heterocycles. The monoisotopic (exact) mass is 420 g/mol. The fourth-order valence-corrected chi connectivity index (χ4v) is 3.51. The molecule has 0 saturated carbocycles. The minimum absolute atomic E-state index is 0.154. The van der Waals surface area contributed by atoms with Crippen molar-refractivity contribution < 1.29 is 9.59 Å². The predicted molar refractivity (Wildman–Crippen MR) is 103 cm³/mol. The van der Waals surface area contributed by atoms with E-state index in [2.05, 4.69) is 21.2 Å². The Morgan fingerprint density at radius 2 is 2.00 bits per heavy atom. The second-order valence-corrected chi connectivity index (χ2v) is 7.30. The number of rotatable bonds is 3. The molecule has 2 amide bonds. The van der Waals surface area contributed by atoms with Crippen LogP contribution in [0.2, 0.25) is 5.02 Å². The molecule has 0 unspecified atom stereocenters. The molecule has 3 rings (SSSR count). The van der Waals surface area contributed by atoms with Crippen LogP contribution in [-0.2, 0) is 17.8 Å². The van der Waals surface area contributed by atoms with Crippen LogP contribution in [-0.4, -0.2) is 23.3 Å². The first-order valence-corrected chi connectivity index (χ1v) is 9.31. The molecule has 25 heavy (non-hydrogen) atoms. The Bertz CT molecular complexity index is 838. The summed E-state index contributed by atoms with van der Waals surface area (Å²) in [4.78, 5) is 26.3. The van der Waals surface area contributed by atoms with Crippen LogP contribution in [0.5, 0.6) is 0 Å². The summed E-state index contributed by atoms with van der Waals surface area (Å²) in [5.74, 6) is -0.107. The van der Waals surface area contributed by atoms with E-state index in [1.807, 2.05) is 30.0 Å². The van der Waals surface area contributed by atoms with Crippen molar-refractivity contribution in [3.8, 4) is 0 Å². The molecule has 0 aliphatic carbocycles. The highest BCUT2D eigenvalue weighted by atomic mass is 79.9. The molecule has 0 aromatic heterocycles. The molecule has 0 saturated heterocycles. The van der Waals surface area contributed by atoms with Crippen LogP contribution in [0.25, 0.3) is 0 Å². The Balaban J connectivity index is 1.79. The molecule has 6 heteroatoms. The van der Waals surface area contributed by atoms with Gasteiger partial charge in [-0.2, -0.15) is 0 Å². The lowest BCUT2D eigenvalue weighted by Crippen LogP contribution is -2.35. The highest BCUT2D eigenvalue weighted by Gasteiger charge is 2.20. The average Bonchev–Trinajstić information content (AvgIpc) is 2.62. The zero-order valence-electron chi connectivity index (χ0n) is 13.8. The third kappa shape index (κ3) is 4.05. The van der Waals surface area contributed by atoms with Gasteiger partial charge in [-0.15, -0.1) is 0 Å². The van der Waals surface area contributed by atoms with E-state index in [-0.39, 0.29) is 11.8 Å². The fraction of sp³-hybridized carbons (Fsp3) is 0.263. The van der Waals surface area contributed by atoms with Crippen LogP contribution in [0.3, 0.4) is 0 Å². The molecule has 2 aromatic rings. The third-order valence-corrected chi connectivity index (χ3v) is 5.13. The molecule has 4 nitrogen and oxygen atoms in total. The quantitative estimate of drug-likeness (QED) is 0.784. The summed E-state index contributed by atoms with van der Waals surface area (Å²) in [6.45, 7) is 3.21. The summed E-state index contributed by atoms with van der Waals surface area (Å²) >= 11 is 9.47. The van der Waals surface area contributed by atoms with Gasteiger partial charge in [-0.3, -0.25) is 9.59 Å². The molecule has 130 valence electrons. The molecule has 0 atom stereocenters. The molecule has 2 aromatic carbocycles.